The van der Waals surface area contributed by atoms with Gasteiger partial charge in [0.1, 0.15) is 0 Å². The molecule has 0 amide bonds. The van der Waals surface area contributed by atoms with Crippen LogP contribution in [0, 0.1) is 0 Å². The van der Waals surface area contributed by atoms with E-state index in [1.807, 2.05) is 23.1 Å². The van der Waals surface area contributed by atoms with Crippen LogP contribution in [0.2, 0.25) is 0 Å². The molecule has 8 aromatic rings. The molecule has 0 saturated carbocycles. The highest BCUT2D eigenvalue weighted by molar-refractivity contribution is 7.99. The molecule has 6 heteroatoms. The topological polar surface area (TPSA) is 9.72 Å². The van der Waals surface area contributed by atoms with Gasteiger partial charge >= 0.3 is 0 Å². The molecule has 3 aliphatic heterocycles. The van der Waals surface area contributed by atoms with Crippen molar-refractivity contribution in [1.82, 2.24) is 0 Å². The standard InChI is InChI=1S/C48H36BN3S2/c1-48(2,3)31-28-40-45-41(29-31)52-38-22-12-15-25-44(38)53-43-24-14-11-21-37(43)50(32-16-6-4-7-17-32)34-26-27-36(39(52)30-34)49(45)47-46(35-20-10-13-23-42(35)54-47)51(40)33-18-8-5-9-19-33/h4-30H,1-3H3. The summed E-state index contributed by atoms with van der Waals surface area (Å²) in [6.45, 7) is 7.10. The normalized spacial score (nSPS) is 14.0. The molecule has 0 unspecified atom stereocenters. The van der Waals surface area contributed by atoms with E-state index in [4.69, 9.17) is 0 Å². The Labute approximate surface area is 325 Å². The van der Waals surface area contributed by atoms with E-state index >= 15 is 0 Å². The molecular weight excluding hydrogens is 693 g/mol. The van der Waals surface area contributed by atoms with Gasteiger partial charge in [-0.15, -0.1) is 11.3 Å². The first-order chi connectivity index (χ1) is 26.4. The van der Waals surface area contributed by atoms with E-state index in [0.717, 1.165) is 11.4 Å². The van der Waals surface area contributed by atoms with Gasteiger partial charge in [-0.05, 0) is 101 Å². The molecule has 3 aliphatic rings. The lowest BCUT2D eigenvalue weighted by atomic mass is 9.36. The lowest BCUT2D eigenvalue weighted by Crippen LogP contribution is -2.60. The van der Waals surface area contributed by atoms with E-state index in [2.05, 4.69) is 199 Å². The lowest BCUT2D eigenvalue weighted by Gasteiger charge is -2.45. The molecule has 2 bridgehead atoms. The fraction of sp³-hybridized carbons (Fsp3) is 0.0833. The molecule has 0 spiro atoms. The number of rotatable bonds is 2. The molecule has 11 rings (SSSR count). The predicted octanol–water partition coefficient (Wildman–Crippen LogP) is 12.2. The van der Waals surface area contributed by atoms with E-state index in [9.17, 15) is 0 Å². The number of fused-ring (bicyclic) bond motifs is 10. The Kier molecular flexibility index (Phi) is 7.01. The predicted molar refractivity (Wildman–Crippen MR) is 233 cm³/mol. The summed E-state index contributed by atoms with van der Waals surface area (Å²) in [6.07, 6.45) is 0. The van der Waals surface area contributed by atoms with Crippen LogP contribution >= 0.6 is 23.1 Å². The highest BCUT2D eigenvalue weighted by Crippen LogP contribution is 2.53. The molecule has 54 heavy (non-hydrogen) atoms. The Balaban J connectivity index is 1.29. The van der Waals surface area contributed by atoms with E-state index < -0.39 is 0 Å². The summed E-state index contributed by atoms with van der Waals surface area (Å²) in [5.74, 6) is 0. The van der Waals surface area contributed by atoms with Crippen LogP contribution in [0.4, 0.5) is 51.2 Å². The van der Waals surface area contributed by atoms with Crippen molar-refractivity contribution in [3.05, 3.63) is 169 Å². The number of hydrogen-bond donors (Lipinski definition) is 0. The van der Waals surface area contributed by atoms with Gasteiger partial charge in [-0.3, -0.25) is 0 Å². The fourth-order valence-corrected chi connectivity index (χ4v) is 11.0. The third-order valence-electron chi connectivity index (χ3n) is 11.1. The molecule has 4 heterocycles. The van der Waals surface area contributed by atoms with Gasteiger partial charge in [0.15, 0.2) is 0 Å². The molecule has 7 aromatic carbocycles. The van der Waals surface area contributed by atoms with Crippen molar-refractivity contribution in [2.24, 2.45) is 0 Å². The average Bonchev–Trinajstić information content (AvgIpc) is 3.58. The lowest BCUT2D eigenvalue weighted by molar-refractivity contribution is 0.590. The monoisotopic (exact) mass is 729 g/mol. The molecule has 0 radical (unpaired) electrons. The zero-order valence-corrected chi connectivity index (χ0v) is 32.0. The molecule has 1 aromatic heterocycles. The molecule has 258 valence electrons. The van der Waals surface area contributed by atoms with E-state index in [0.29, 0.717) is 0 Å². The first-order valence-corrected chi connectivity index (χ1v) is 20.3. The van der Waals surface area contributed by atoms with Crippen LogP contribution in [0.1, 0.15) is 26.3 Å². The van der Waals surface area contributed by atoms with Gasteiger partial charge in [0.25, 0.3) is 6.71 Å². The number of thiophene rings is 1. The van der Waals surface area contributed by atoms with Gasteiger partial charge in [0.2, 0.25) is 0 Å². The van der Waals surface area contributed by atoms with E-state index in [1.54, 1.807) is 0 Å². The average molecular weight is 730 g/mol. The molecule has 0 aliphatic carbocycles. The summed E-state index contributed by atoms with van der Waals surface area (Å²) in [7, 11) is 0. The molecular formula is C48H36BN3S2. The van der Waals surface area contributed by atoms with Crippen LogP contribution in [0.25, 0.3) is 10.1 Å². The Morgan fingerprint density at radius 1 is 0.481 bits per heavy atom. The molecule has 0 atom stereocenters. The second-order valence-electron chi connectivity index (χ2n) is 15.4. The minimum Gasteiger partial charge on any atom is -0.310 e. The number of anilines is 9. The third kappa shape index (κ3) is 4.70. The Hall–Kier alpha value is -5.69. The summed E-state index contributed by atoms with van der Waals surface area (Å²) >= 11 is 3.80. The second-order valence-corrected chi connectivity index (χ2v) is 17.5. The fourth-order valence-electron chi connectivity index (χ4n) is 8.67. The van der Waals surface area contributed by atoms with Gasteiger partial charge < -0.3 is 14.7 Å². The summed E-state index contributed by atoms with van der Waals surface area (Å²) in [5.41, 5.74) is 14.8. The maximum atomic E-state index is 2.59. The van der Waals surface area contributed by atoms with Crippen LogP contribution < -0.4 is 30.4 Å². The van der Waals surface area contributed by atoms with Crippen LogP contribution in [-0.4, -0.2) is 6.71 Å². The quantitative estimate of drug-likeness (QED) is 0.164. The van der Waals surface area contributed by atoms with Crippen LogP contribution in [-0.2, 0) is 5.41 Å². The minimum atomic E-state index is -0.0864. The highest BCUT2D eigenvalue weighted by atomic mass is 32.2. The zero-order chi connectivity index (χ0) is 36.1. The Morgan fingerprint density at radius 2 is 1.06 bits per heavy atom. The van der Waals surface area contributed by atoms with Crippen LogP contribution in [0.15, 0.2) is 174 Å². The van der Waals surface area contributed by atoms with Gasteiger partial charge in [0.05, 0.1) is 17.1 Å². The SMILES string of the molecule is CC(C)(C)c1cc2c3c(c1)N(c1ccccc1)c1c(sc4ccccc14)B3c1ccc3cc1N2c1ccccc1Sc1ccccc1N3c1ccccc1. The van der Waals surface area contributed by atoms with E-state index in [-0.39, 0.29) is 12.1 Å². The Bertz CT molecular complexity index is 2770. The summed E-state index contributed by atoms with van der Waals surface area (Å²) in [5, 5.41) is 1.30. The van der Waals surface area contributed by atoms with Crippen molar-refractivity contribution in [1.29, 1.82) is 0 Å². The summed E-state index contributed by atoms with van der Waals surface area (Å²) < 4.78 is 2.71. The smallest absolute Gasteiger partial charge is 0.264 e. The van der Waals surface area contributed by atoms with Crippen molar-refractivity contribution in [2.75, 3.05) is 14.7 Å². The minimum absolute atomic E-state index is 0.0666. The first kappa shape index (κ1) is 31.8. The van der Waals surface area contributed by atoms with Gasteiger partial charge in [-0.1, -0.05) is 117 Å². The number of benzene rings is 7. The second kappa shape index (κ2) is 11.9. The Morgan fingerprint density at radius 3 is 1.74 bits per heavy atom. The van der Waals surface area contributed by atoms with E-state index in [1.165, 1.54) is 81.0 Å². The van der Waals surface area contributed by atoms with Gasteiger partial charge in [0, 0.05) is 58.8 Å². The van der Waals surface area contributed by atoms with Crippen LogP contribution in [0.3, 0.4) is 0 Å². The maximum absolute atomic E-state index is 2.59. The molecule has 0 saturated heterocycles. The molecule has 0 fully saturated rings. The molecule has 3 nitrogen and oxygen atoms in total. The highest BCUT2D eigenvalue weighted by Gasteiger charge is 2.46. The number of nitrogens with zero attached hydrogens (tertiary/aromatic N) is 3. The summed E-state index contributed by atoms with van der Waals surface area (Å²) in [6, 6.07) is 60.8. The largest absolute Gasteiger partial charge is 0.310 e. The van der Waals surface area contributed by atoms with Crippen molar-refractivity contribution in [3.63, 3.8) is 0 Å². The zero-order valence-electron chi connectivity index (χ0n) is 30.3. The van der Waals surface area contributed by atoms with Gasteiger partial charge in [-0.25, -0.2) is 0 Å². The van der Waals surface area contributed by atoms with Crippen molar-refractivity contribution in [2.45, 2.75) is 36.0 Å². The third-order valence-corrected chi connectivity index (χ3v) is 13.5. The van der Waals surface area contributed by atoms with Crippen molar-refractivity contribution in [3.8, 4) is 0 Å². The number of hydrogen-bond acceptors (Lipinski definition) is 5. The first-order valence-electron chi connectivity index (χ1n) is 18.6. The van der Waals surface area contributed by atoms with Gasteiger partial charge in [-0.2, -0.15) is 0 Å². The van der Waals surface area contributed by atoms with Crippen molar-refractivity contribution < 1.29 is 0 Å². The number of para-hydroxylation sites is 4. The summed E-state index contributed by atoms with van der Waals surface area (Å²) in [4.78, 5) is 10.0. The van der Waals surface area contributed by atoms with Crippen LogP contribution in [0.5, 0.6) is 0 Å². The van der Waals surface area contributed by atoms with Crippen molar-refractivity contribution >= 4 is 107 Å². The molecule has 0 N–H and O–H groups in total. The maximum Gasteiger partial charge on any atom is 0.264 e.